The minimum atomic E-state index is -0.309. The molecule has 0 fully saturated rings. The average molecular weight is 600 g/mol. The maximum Gasteiger partial charge on any atom is 0.361 e. The number of benzene rings is 4. The second-order valence-corrected chi connectivity index (χ2v) is 11.5. The van der Waals surface area contributed by atoms with Crippen molar-refractivity contribution >= 4 is 23.7 Å². The van der Waals surface area contributed by atoms with Crippen molar-refractivity contribution < 1.29 is 9.15 Å². The van der Waals surface area contributed by atoms with Crippen molar-refractivity contribution in [3.63, 3.8) is 0 Å². The monoisotopic (exact) mass is 599 g/mol. The maximum absolute atomic E-state index is 13.5. The Kier molecular flexibility index (Phi) is 7.69. The summed E-state index contributed by atoms with van der Waals surface area (Å²) >= 11 is 0. The van der Waals surface area contributed by atoms with Crippen LogP contribution in [0, 0.1) is 19.8 Å². The molecule has 0 radical (unpaired) electrons. The van der Waals surface area contributed by atoms with Crippen molar-refractivity contribution in [1.29, 1.82) is 0 Å². The number of rotatable bonds is 6. The molecule has 1 atom stereocenters. The molecule has 46 heavy (non-hydrogen) atoms. The molecule has 1 aliphatic rings. The minimum absolute atomic E-state index is 0.162. The van der Waals surface area contributed by atoms with E-state index < -0.39 is 0 Å². The lowest BCUT2D eigenvalue weighted by Crippen LogP contribution is -2.64. The third-order valence-corrected chi connectivity index (χ3v) is 8.31. The van der Waals surface area contributed by atoms with Crippen LogP contribution in [0.15, 0.2) is 147 Å². The van der Waals surface area contributed by atoms with Crippen molar-refractivity contribution in [3.05, 3.63) is 192 Å². The summed E-state index contributed by atoms with van der Waals surface area (Å²) in [6, 6.07) is 39.4. The van der Waals surface area contributed by atoms with Crippen LogP contribution in [0.25, 0.3) is 46.3 Å². The van der Waals surface area contributed by atoms with E-state index in [1.807, 2.05) is 147 Å². The van der Waals surface area contributed by atoms with Gasteiger partial charge in [0.2, 0.25) is 10.9 Å². The van der Waals surface area contributed by atoms with Crippen LogP contribution in [-0.4, -0.2) is 0 Å². The Hall–Kier alpha value is -5.87. The van der Waals surface area contributed by atoms with Gasteiger partial charge < -0.3 is 4.74 Å². The molecule has 4 nitrogen and oxygen atoms in total. The quantitative estimate of drug-likeness (QED) is 0.187. The lowest BCUT2D eigenvalue weighted by Gasteiger charge is -2.22. The molecule has 0 amide bonds. The highest BCUT2D eigenvalue weighted by Crippen LogP contribution is 2.34. The summed E-state index contributed by atoms with van der Waals surface area (Å²) in [6.45, 7) is 4.06. The zero-order valence-corrected chi connectivity index (χ0v) is 25.6. The van der Waals surface area contributed by atoms with E-state index in [0.717, 1.165) is 38.9 Å². The topological polar surface area (TPSA) is 54.7 Å². The molecule has 0 bridgehead atoms. The van der Waals surface area contributed by atoms with Gasteiger partial charge in [-0.05, 0) is 67.0 Å². The number of allylic oxidation sites excluding steroid dienone is 2. The van der Waals surface area contributed by atoms with E-state index >= 15 is 0 Å². The van der Waals surface area contributed by atoms with Crippen LogP contribution in [0.1, 0.15) is 27.8 Å². The number of hydrogen-bond donors (Lipinski definition) is 0. The lowest BCUT2D eigenvalue weighted by molar-refractivity contribution is 0.458. The van der Waals surface area contributed by atoms with Crippen molar-refractivity contribution in [2.24, 2.45) is 5.92 Å². The Bertz CT molecular complexity index is 2310. The molecular formula is C42H31O4+. The maximum atomic E-state index is 13.5. The zero-order chi connectivity index (χ0) is 31.6. The van der Waals surface area contributed by atoms with Crippen LogP contribution in [0.4, 0.5) is 0 Å². The van der Waals surface area contributed by atoms with Gasteiger partial charge in [0.15, 0.2) is 0 Å². The molecule has 0 spiro atoms. The summed E-state index contributed by atoms with van der Waals surface area (Å²) < 4.78 is 12.7. The SMILES string of the molecule is Cc1ccccc1C1=CC(C=c2c(=O)c(=Cc3cc(-c4ccccc4)[o+]c(-c4ccccc4C)c3)c2=O)C=C(c2ccccc2)O1. The molecular weight excluding hydrogens is 568 g/mol. The van der Waals surface area contributed by atoms with Gasteiger partial charge in [-0.3, -0.25) is 9.59 Å². The first kappa shape index (κ1) is 28.9. The fraction of sp³-hybridized carbons (Fsp3) is 0.0714. The Morgan fingerprint density at radius 2 is 1.13 bits per heavy atom. The molecule has 1 aromatic heterocycles. The summed E-state index contributed by atoms with van der Waals surface area (Å²) in [6.07, 6.45) is 7.34. The van der Waals surface area contributed by atoms with Crippen LogP contribution in [0.2, 0.25) is 0 Å². The molecule has 5 aromatic carbocycles. The largest absolute Gasteiger partial charge is 0.457 e. The van der Waals surface area contributed by atoms with Crippen molar-refractivity contribution in [2.45, 2.75) is 13.8 Å². The summed E-state index contributed by atoms with van der Waals surface area (Å²) in [4.78, 5) is 27.0. The van der Waals surface area contributed by atoms with E-state index in [4.69, 9.17) is 9.15 Å². The molecule has 0 saturated carbocycles. The van der Waals surface area contributed by atoms with Gasteiger partial charge >= 0.3 is 11.5 Å². The van der Waals surface area contributed by atoms with Gasteiger partial charge in [-0.25, -0.2) is 4.42 Å². The van der Waals surface area contributed by atoms with Crippen molar-refractivity contribution in [2.75, 3.05) is 0 Å². The van der Waals surface area contributed by atoms with E-state index in [1.165, 1.54) is 0 Å². The predicted octanol–water partition coefficient (Wildman–Crippen LogP) is 7.45. The lowest BCUT2D eigenvalue weighted by atomic mass is 9.96. The fourth-order valence-electron chi connectivity index (χ4n) is 5.84. The highest BCUT2D eigenvalue weighted by molar-refractivity contribution is 5.76. The first-order chi connectivity index (χ1) is 22.4. The molecule has 0 N–H and O–H groups in total. The molecule has 1 unspecified atom stereocenters. The van der Waals surface area contributed by atoms with E-state index in [2.05, 4.69) is 0 Å². The highest BCUT2D eigenvalue weighted by Gasteiger charge is 2.22. The van der Waals surface area contributed by atoms with Gasteiger partial charge in [0.25, 0.3) is 0 Å². The number of ether oxygens (including phenoxy) is 1. The van der Waals surface area contributed by atoms with Crippen LogP contribution in [-0.2, 0) is 4.74 Å². The molecule has 6 aromatic rings. The Labute approximate surface area is 266 Å². The van der Waals surface area contributed by atoms with E-state index in [9.17, 15) is 9.59 Å². The van der Waals surface area contributed by atoms with Gasteiger partial charge in [0.05, 0.1) is 33.7 Å². The molecule has 0 saturated heterocycles. The molecule has 2 heterocycles. The van der Waals surface area contributed by atoms with Gasteiger partial charge in [-0.15, -0.1) is 0 Å². The second kappa shape index (κ2) is 12.3. The molecule has 7 rings (SSSR count). The Morgan fingerprint density at radius 3 is 1.78 bits per heavy atom. The highest BCUT2D eigenvalue weighted by atomic mass is 16.5. The van der Waals surface area contributed by atoms with Crippen LogP contribution in [0.3, 0.4) is 0 Å². The van der Waals surface area contributed by atoms with E-state index in [-0.39, 0.29) is 27.2 Å². The molecule has 1 aliphatic heterocycles. The summed E-state index contributed by atoms with van der Waals surface area (Å²) in [5.41, 5.74) is 6.06. The Morgan fingerprint density at radius 1 is 0.587 bits per heavy atom. The van der Waals surface area contributed by atoms with Crippen LogP contribution in [0.5, 0.6) is 0 Å². The minimum Gasteiger partial charge on any atom is -0.457 e. The van der Waals surface area contributed by atoms with Crippen molar-refractivity contribution in [3.8, 4) is 22.6 Å². The third-order valence-electron chi connectivity index (χ3n) is 8.31. The van der Waals surface area contributed by atoms with Crippen LogP contribution < -0.4 is 21.3 Å². The smallest absolute Gasteiger partial charge is 0.361 e. The molecule has 4 heteroatoms. The van der Waals surface area contributed by atoms with E-state index in [1.54, 1.807) is 12.2 Å². The second-order valence-electron chi connectivity index (χ2n) is 11.5. The Balaban J connectivity index is 1.32. The molecule has 222 valence electrons. The first-order valence-electron chi connectivity index (χ1n) is 15.3. The van der Waals surface area contributed by atoms with E-state index in [0.29, 0.717) is 23.0 Å². The number of aryl methyl sites for hydroxylation is 2. The zero-order valence-electron chi connectivity index (χ0n) is 25.6. The average Bonchev–Trinajstić information content (AvgIpc) is 3.10. The normalized spacial score (nSPS) is 14.3. The third kappa shape index (κ3) is 5.69. The van der Waals surface area contributed by atoms with Crippen LogP contribution >= 0.6 is 0 Å². The van der Waals surface area contributed by atoms with Gasteiger partial charge in [-0.1, -0.05) is 97.1 Å². The summed E-state index contributed by atoms with van der Waals surface area (Å²) in [7, 11) is 0. The van der Waals surface area contributed by atoms with Gasteiger partial charge in [-0.2, -0.15) is 0 Å². The predicted molar refractivity (Wildman–Crippen MR) is 186 cm³/mol. The summed E-state index contributed by atoms with van der Waals surface area (Å²) in [5, 5.41) is 0.347. The van der Waals surface area contributed by atoms with Gasteiger partial charge in [0.1, 0.15) is 11.5 Å². The summed E-state index contributed by atoms with van der Waals surface area (Å²) in [5.74, 6) is 2.38. The van der Waals surface area contributed by atoms with Crippen molar-refractivity contribution in [1.82, 2.24) is 0 Å². The fourth-order valence-corrected chi connectivity index (χ4v) is 5.84. The van der Waals surface area contributed by atoms with Gasteiger partial charge in [0, 0.05) is 17.0 Å². The standard InChI is InChI=1S/C42H31O4/c1-27-13-9-11-19-33(27)39-25-29(23-37(45-39)31-15-5-3-6-16-31)21-35-41(43)36(42(35)44)22-30-24-38(32-17-7-4-8-18-32)46-40(26-30)34-20-12-10-14-28(34)2/h3-26,29H,1-2H3/q+1. The first-order valence-corrected chi connectivity index (χ1v) is 15.3. The molecule has 0 aliphatic carbocycles. The number of hydrogen-bond acceptors (Lipinski definition) is 3.